The first kappa shape index (κ1) is 20.0. The molecular weight excluding hydrogens is 336 g/mol. The molecule has 1 unspecified atom stereocenters. The Kier molecular flexibility index (Phi) is 6.85. The fourth-order valence-electron chi connectivity index (χ4n) is 2.75. The molecule has 2 amide bonds. The lowest BCUT2D eigenvalue weighted by molar-refractivity contribution is 0.00876. The van der Waals surface area contributed by atoms with Crippen molar-refractivity contribution in [3.8, 4) is 0 Å². The van der Waals surface area contributed by atoms with Crippen LogP contribution >= 0.6 is 0 Å². The molecular formula is C19H28N2O5. The van der Waals surface area contributed by atoms with Gasteiger partial charge in [-0.05, 0) is 32.8 Å². The van der Waals surface area contributed by atoms with E-state index in [1.807, 2.05) is 30.3 Å². The zero-order valence-electron chi connectivity index (χ0n) is 15.7. The fraction of sp³-hybridized carbons (Fsp3) is 0.579. The van der Waals surface area contributed by atoms with Crippen LogP contribution < -0.4 is 0 Å². The van der Waals surface area contributed by atoms with Gasteiger partial charge < -0.3 is 24.4 Å². The smallest absolute Gasteiger partial charge is 0.410 e. The van der Waals surface area contributed by atoms with Gasteiger partial charge >= 0.3 is 12.2 Å². The van der Waals surface area contributed by atoms with Gasteiger partial charge in [-0.3, -0.25) is 0 Å². The number of carbonyl (C=O) groups excluding carboxylic acids is 2. The van der Waals surface area contributed by atoms with Gasteiger partial charge in [0.15, 0.2) is 0 Å². The van der Waals surface area contributed by atoms with E-state index in [4.69, 9.17) is 9.47 Å². The largest absolute Gasteiger partial charge is 0.445 e. The van der Waals surface area contributed by atoms with Crippen LogP contribution in [0, 0.1) is 0 Å². The third-order valence-electron chi connectivity index (χ3n) is 4.00. The highest BCUT2D eigenvalue weighted by Crippen LogP contribution is 2.17. The lowest BCUT2D eigenvalue weighted by Crippen LogP contribution is -2.49. The van der Waals surface area contributed by atoms with Gasteiger partial charge in [0.25, 0.3) is 0 Å². The minimum Gasteiger partial charge on any atom is -0.445 e. The van der Waals surface area contributed by atoms with Crippen LogP contribution in [0.15, 0.2) is 30.3 Å². The number of rotatable bonds is 3. The lowest BCUT2D eigenvalue weighted by atomic mass is 10.2. The summed E-state index contributed by atoms with van der Waals surface area (Å²) in [6.45, 7) is 6.42. The second-order valence-electron chi connectivity index (χ2n) is 7.35. The van der Waals surface area contributed by atoms with Gasteiger partial charge in [-0.1, -0.05) is 30.3 Å². The molecule has 26 heavy (non-hydrogen) atoms. The number of benzene rings is 1. The number of nitrogens with zero attached hydrogens (tertiary/aromatic N) is 2. The maximum absolute atomic E-state index is 12.4. The van der Waals surface area contributed by atoms with E-state index >= 15 is 0 Å². The van der Waals surface area contributed by atoms with Gasteiger partial charge in [0, 0.05) is 19.6 Å². The summed E-state index contributed by atoms with van der Waals surface area (Å²) in [7, 11) is 0. The molecule has 1 aliphatic rings. The summed E-state index contributed by atoms with van der Waals surface area (Å²) in [5.74, 6) is 0. The number of hydrogen-bond acceptors (Lipinski definition) is 5. The molecule has 1 aromatic rings. The van der Waals surface area contributed by atoms with Crippen molar-refractivity contribution < 1.29 is 24.2 Å². The fourth-order valence-corrected chi connectivity index (χ4v) is 2.75. The van der Waals surface area contributed by atoms with Crippen LogP contribution in [0.25, 0.3) is 0 Å². The Morgan fingerprint density at radius 1 is 1.15 bits per heavy atom. The van der Waals surface area contributed by atoms with Gasteiger partial charge in [-0.25, -0.2) is 9.59 Å². The summed E-state index contributed by atoms with van der Waals surface area (Å²) in [5, 5.41) is 9.71. The van der Waals surface area contributed by atoms with E-state index in [0.29, 0.717) is 19.5 Å². The summed E-state index contributed by atoms with van der Waals surface area (Å²) in [4.78, 5) is 27.8. The van der Waals surface area contributed by atoms with Gasteiger partial charge in [0.05, 0.1) is 12.6 Å². The van der Waals surface area contributed by atoms with Gasteiger partial charge in [0.1, 0.15) is 12.2 Å². The molecule has 0 aliphatic carbocycles. The van der Waals surface area contributed by atoms with E-state index in [1.54, 1.807) is 20.8 Å². The van der Waals surface area contributed by atoms with Crippen LogP contribution in [0.1, 0.15) is 32.8 Å². The molecule has 1 heterocycles. The van der Waals surface area contributed by atoms with Crippen LogP contribution in [0.5, 0.6) is 0 Å². The molecule has 2 rings (SSSR count). The van der Waals surface area contributed by atoms with Crippen LogP contribution in [-0.2, 0) is 16.1 Å². The number of ether oxygens (including phenoxy) is 2. The lowest BCUT2D eigenvalue weighted by Gasteiger charge is -2.32. The van der Waals surface area contributed by atoms with Crippen LogP contribution in [0.3, 0.4) is 0 Å². The van der Waals surface area contributed by atoms with E-state index in [-0.39, 0.29) is 19.8 Å². The Bertz CT molecular complexity index is 600. The molecule has 0 aromatic heterocycles. The molecule has 1 N–H and O–H groups in total. The Balaban J connectivity index is 1.96. The number of aliphatic hydroxyl groups excluding tert-OH is 1. The first-order valence-corrected chi connectivity index (χ1v) is 8.86. The summed E-state index contributed by atoms with van der Waals surface area (Å²) in [6, 6.07) is 8.92. The zero-order valence-corrected chi connectivity index (χ0v) is 15.7. The van der Waals surface area contributed by atoms with Crippen LogP contribution in [0.2, 0.25) is 0 Å². The Morgan fingerprint density at radius 3 is 2.46 bits per heavy atom. The molecule has 1 aromatic carbocycles. The van der Waals surface area contributed by atoms with E-state index < -0.39 is 23.8 Å². The van der Waals surface area contributed by atoms with Crippen molar-refractivity contribution in [3.05, 3.63) is 35.9 Å². The molecule has 144 valence electrons. The highest BCUT2D eigenvalue weighted by Gasteiger charge is 2.33. The van der Waals surface area contributed by atoms with Crippen molar-refractivity contribution in [1.82, 2.24) is 9.80 Å². The monoisotopic (exact) mass is 364 g/mol. The molecule has 0 radical (unpaired) electrons. The summed E-state index contributed by atoms with van der Waals surface area (Å²) in [5.41, 5.74) is 0.294. The third kappa shape index (κ3) is 5.91. The van der Waals surface area contributed by atoms with Crippen LogP contribution in [0.4, 0.5) is 9.59 Å². The highest BCUT2D eigenvalue weighted by atomic mass is 16.6. The summed E-state index contributed by atoms with van der Waals surface area (Å²) >= 11 is 0. The van der Waals surface area contributed by atoms with Crippen molar-refractivity contribution >= 4 is 12.2 Å². The van der Waals surface area contributed by atoms with E-state index in [1.165, 1.54) is 9.80 Å². The molecule has 1 aliphatic heterocycles. The van der Waals surface area contributed by atoms with Crippen molar-refractivity contribution in [2.75, 3.05) is 26.2 Å². The normalized spacial score (nSPS) is 18.2. The van der Waals surface area contributed by atoms with Crippen LogP contribution in [-0.4, -0.2) is 65.0 Å². The molecule has 0 bridgehead atoms. The van der Waals surface area contributed by atoms with E-state index in [0.717, 1.165) is 5.56 Å². The minimum absolute atomic E-state index is 0.190. The number of hydrogen-bond donors (Lipinski definition) is 1. The SMILES string of the molecule is CC(C)(C)OC(=O)N1CCCN(C(=O)OCc2ccccc2)CC1CO. The molecule has 0 saturated carbocycles. The standard InChI is InChI=1S/C19H28N2O5/c1-19(2,3)26-18(24)21-11-7-10-20(12-16(21)13-22)17(23)25-14-15-8-5-4-6-9-15/h4-6,8-9,16,22H,7,10-14H2,1-3H3. The molecule has 0 spiro atoms. The van der Waals surface area contributed by atoms with E-state index in [2.05, 4.69) is 0 Å². The Morgan fingerprint density at radius 2 is 1.85 bits per heavy atom. The predicted octanol–water partition coefficient (Wildman–Crippen LogP) is 2.63. The average Bonchev–Trinajstić information content (AvgIpc) is 2.81. The average molecular weight is 364 g/mol. The molecule has 1 atom stereocenters. The first-order chi connectivity index (χ1) is 12.3. The minimum atomic E-state index is -0.613. The molecule has 7 heteroatoms. The molecule has 7 nitrogen and oxygen atoms in total. The van der Waals surface area contributed by atoms with E-state index in [9.17, 15) is 14.7 Å². The number of aliphatic hydroxyl groups is 1. The van der Waals surface area contributed by atoms with Gasteiger partial charge in [-0.2, -0.15) is 0 Å². The Labute approximate surface area is 154 Å². The Hall–Kier alpha value is -2.28. The third-order valence-corrected chi connectivity index (χ3v) is 4.00. The van der Waals surface area contributed by atoms with Gasteiger partial charge in [0.2, 0.25) is 0 Å². The topological polar surface area (TPSA) is 79.3 Å². The summed E-state index contributed by atoms with van der Waals surface area (Å²) < 4.78 is 10.8. The van der Waals surface area contributed by atoms with Gasteiger partial charge in [-0.15, -0.1) is 0 Å². The number of carbonyl (C=O) groups is 2. The first-order valence-electron chi connectivity index (χ1n) is 8.86. The zero-order chi connectivity index (χ0) is 19.2. The molecule has 1 saturated heterocycles. The highest BCUT2D eigenvalue weighted by molar-refractivity contribution is 5.70. The van der Waals surface area contributed by atoms with Crippen molar-refractivity contribution in [3.63, 3.8) is 0 Å². The molecule has 1 fully saturated rings. The summed E-state index contributed by atoms with van der Waals surface area (Å²) in [6.07, 6.45) is -0.328. The van der Waals surface area contributed by atoms with Crippen molar-refractivity contribution in [1.29, 1.82) is 0 Å². The van der Waals surface area contributed by atoms with Crippen molar-refractivity contribution in [2.24, 2.45) is 0 Å². The second-order valence-corrected chi connectivity index (χ2v) is 7.35. The van der Waals surface area contributed by atoms with Crippen molar-refractivity contribution in [2.45, 2.75) is 45.4 Å². The predicted molar refractivity (Wildman–Crippen MR) is 96.6 cm³/mol. The number of amides is 2. The maximum Gasteiger partial charge on any atom is 0.410 e. The maximum atomic E-state index is 12.4. The second kappa shape index (κ2) is 8.89. The quantitative estimate of drug-likeness (QED) is 0.892.